The van der Waals surface area contributed by atoms with Crippen LogP contribution >= 0.6 is 0 Å². The van der Waals surface area contributed by atoms with Gasteiger partial charge in [0.05, 0.1) is 25.1 Å². The van der Waals surface area contributed by atoms with Crippen LogP contribution in [0.4, 0.5) is 0 Å². The maximum atomic E-state index is 10.4. The van der Waals surface area contributed by atoms with Gasteiger partial charge in [-0.1, -0.05) is 12.1 Å². The summed E-state index contributed by atoms with van der Waals surface area (Å²) in [6.07, 6.45) is 1.19. The number of rotatable bonds is 7. The SMILES string of the molecule is COc1ccc(C(O)CNCc2cn[nH]c2-c2ccc3c(c2)OCCO3)cc1. The Balaban J connectivity index is 1.39. The Morgan fingerprint density at radius 1 is 1.14 bits per heavy atom. The molecule has 0 amide bonds. The molecular weight excluding hydrogens is 358 g/mol. The first-order valence-corrected chi connectivity index (χ1v) is 9.19. The Morgan fingerprint density at radius 2 is 1.93 bits per heavy atom. The van der Waals surface area contributed by atoms with Crippen molar-refractivity contribution >= 4 is 0 Å². The number of methoxy groups -OCH3 is 1. The number of aromatic amines is 1. The second kappa shape index (κ2) is 8.33. The largest absolute Gasteiger partial charge is 0.497 e. The first kappa shape index (κ1) is 18.3. The Labute approximate surface area is 163 Å². The number of H-pyrrole nitrogens is 1. The van der Waals surface area contributed by atoms with E-state index in [2.05, 4.69) is 15.5 Å². The van der Waals surface area contributed by atoms with E-state index in [1.807, 2.05) is 42.5 Å². The maximum absolute atomic E-state index is 10.4. The summed E-state index contributed by atoms with van der Waals surface area (Å²) in [6.45, 7) is 2.13. The molecule has 0 radical (unpaired) electrons. The summed E-state index contributed by atoms with van der Waals surface area (Å²) in [6, 6.07) is 13.3. The molecule has 4 rings (SSSR count). The van der Waals surface area contributed by atoms with Gasteiger partial charge in [-0.25, -0.2) is 0 Å². The van der Waals surface area contributed by atoms with E-state index in [1.165, 1.54) is 0 Å². The Kier molecular flexibility index (Phi) is 5.45. The second-order valence-corrected chi connectivity index (χ2v) is 6.55. The number of nitrogens with zero attached hydrogens (tertiary/aromatic N) is 1. The number of hydrogen-bond donors (Lipinski definition) is 3. The van der Waals surface area contributed by atoms with E-state index in [4.69, 9.17) is 14.2 Å². The summed E-state index contributed by atoms with van der Waals surface area (Å²) < 4.78 is 16.4. The molecule has 2 aromatic carbocycles. The van der Waals surface area contributed by atoms with Crippen molar-refractivity contribution in [2.24, 2.45) is 0 Å². The maximum Gasteiger partial charge on any atom is 0.162 e. The van der Waals surface area contributed by atoms with Crippen LogP contribution in [0.5, 0.6) is 17.2 Å². The molecule has 1 unspecified atom stereocenters. The number of aliphatic hydroxyl groups is 1. The van der Waals surface area contributed by atoms with E-state index in [9.17, 15) is 5.11 Å². The number of hydrogen-bond acceptors (Lipinski definition) is 6. The molecule has 0 bridgehead atoms. The van der Waals surface area contributed by atoms with Gasteiger partial charge >= 0.3 is 0 Å². The highest BCUT2D eigenvalue weighted by molar-refractivity contribution is 5.66. The molecule has 0 aliphatic carbocycles. The van der Waals surface area contributed by atoms with Gasteiger partial charge in [0.2, 0.25) is 0 Å². The van der Waals surface area contributed by atoms with Crippen LogP contribution in [0.15, 0.2) is 48.7 Å². The molecular formula is C21H23N3O4. The molecule has 3 aromatic rings. The number of aromatic nitrogens is 2. The van der Waals surface area contributed by atoms with Crippen LogP contribution in [0.25, 0.3) is 11.3 Å². The molecule has 0 saturated carbocycles. The average molecular weight is 381 g/mol. The Bertz CT molecular complexity index is 924. The van der Waals surface area contributed by atoms with Crippen molar-refractivity contribution in [3.05, 3.63) is 59.8 Å². The topological polar surface area (TPSA) is 88.6 Å². The number of nitrogens with one attached hydrogen (secondary N) is 2. The van der Waals surface area contributed by atoms with Crippen molar-refractivity contribution in [1.82, 2.24) is 15.5 Å². The lowest BCUT2D eigenvalue weighted by Crippen LogP contribution is -2.21. The van der Waals surface area contributed by atoms with E-state index in [0.717, 1.165) is 39.6 Å². The third kappa shape index (κ3) is 3.95. The standard InChI is InChI=1S/C21H23N3O4/c1-26-17-5-2-14(3-6-17)18(25)13-22-11-16-12-23-24-21(16)15-4-7-19-20(10-15)28-9-8-27-19/h2-7,10,12,18,22,25H,8-9,11,13H2,1H3,(H,23,24). The van der Waals surface area contributed by atoms with Crippen molar-refractivity contribution < 1.29 is 19.3 Å². The lowest BCUT2D eigenvalue weighted by atomic mass is 10.1. The molecule has 0 spiro atoms. The smallest absolute Gasteiger partial charge is 0.162 e. The number of fused-ring (bicyclic) bond motifs is 1. The monoisotopic (exact) mass is 381 g/mol. The molecule has 0 saturated heterocycles. The summed E-state index contributed by atoms with van der Waals surface area (Å²) in [5, 5.41) is 20.9. The summed E-state index contributed by atoms with van der Waals surface area (Å²) >= 11 is 0. The van der Waals surface area contributed by atoms with Crippen molar-refractivity contribution in [2.75, 3.05) is 26.9 Å². The van der Waals surface area contributed by atoms with Crippen molar-refractivity contribution in [1.29, 1.82) is 0 Å². The van der Waals surface area contributed by atoms with Gasteiger partial charge in [0.25, 0.3) is 0 Å². The van der Waals surface area contributed by atoms with Gasteiger partial charge in [-0.15, -0.1) is 0 Å². The normalized spacial score (nSPS) is 13.9. The fourth-order valence-corrected chi connectivity index (χ4v) is 3.18. The lowest BCUT2D eigenvalue weighted by Gasteiger charge is -2.19. The fraction of sp³-hybridized carbons (Fsp3) is 0.286. The number of aliphatic hydroxyl groups excluding tert-OH is 1. The Hall–Kier alpha value is -3.03. The predicted molar refractivity (Wildman–Crippen MR) is 105 cm³/mol. The molecule has 28 heavy (non-hydrogen) atoms. The van der Waals surface area contributed by atoms with Gasteiger partial charge in [0.15, 0.2) is 11.5 Å². The van der Waals surface area contributed by atoms with E-state index in [1.54, 1.807) is 13.3 Å². The second-order valence-electron chi connectivity index (χ2n) is 6.55. The van der Waals surface area contributed by atoms with Gasteiger partial charge in [-0.2, -0.15) is 5.10 Å². The molecule has 7 heteroatoms. The molecule has 1 aliphatic heterocycles. The van der Waals surface area contributed by atoms with E-state index < -0.39 is 6.10 Å². The van der Waals surface area contributed by atoms with Gasteiger partial charge in [0.1, 0.15) is 19.0 Å². The fourth-order valence-electron chi connectivity index (χ4n) is 3.18. The van der Waals surface area contributed by atoms with Gasteiger partial charge < -0.3 is 24.6 Å². The average Bonchev–Trinajstić information content (AvgIpc) is 3.22. The third-order valence-electron chi connectivity index (χ3n) is 4.70. The molecule has 0 fully saturated rings. The van der Waals surface area contributed by atoms with E-state index in [0.29, 0.717) is 26.3 Å². The highest BCUT2D eigenvalue weighted by Crippen LogP contribution is 2.34. The highest BCUT2D eigenvalue weighted by Gasteiger charge is 2.15. The summed E-state index contributed by atoms with van der Waals surface area (Å²) in [4.78, 5) is 0. The van der Waals surface area contributed by atoms with Crippen molar-refractivity contribution in [3.8, 4) is 28.5 Å². The predicted octanol–water partition coefficient (Wildman–Crippen LogP) is 2.68. The molecule has 3 N–H and O–H groups in total. The number of benzene rings is 2. The zero-order chi connectivity index (χ0) is 19.3. The highest BCUT2D eigenvalue weighted by atomic mass is 16.6. The minimum atomic E-state index is -0.601. The minimum Gasteiger partial charge on any atom is -0.497 e. The van der Waals surface area contributed by atoms with Gasteiger partial charge in [-0.05, 0) is 35.9 Å². The van der Waals surface area contributed by atoms with Crippen LogP contribution in [0.3, 0.4) is 0 Å². The van der Waals surface area contributed by atoms with Crippen LogP contribution < -0.4 is 19.5 Å². The molecule has 146 valence electrons. The quantitative estimate of drug-likeness (QED) is 0.583. The molecule has 1 aliphatic rings. The van der Waals surface area contributed by atoms with Crippen LogP contribution in [-0.2, 0) is 6.54 Å². The van der Waals surface area contributed by atoms with Crippen molar-refractivity contribution in [3.63, 3.8) is 0 Å². The zero-order valence-corrected chi connectivity index (χ0v) is 15.6. The third-order valence-corrected chi connectivity index (χ3v) is 4.70. The molecule has 1 atom stereocenters. The van der Waals surface area contributed by atoms with Crippen LogP contribution in [0, 0.1) is 0 Å². The van der Waals surface area contributed by atoms with Crippen LogP contribution in [-0.4, -0.2) is 42.2 Å². The molecule has 2 heterocycles. The van der Waals surface area contributed by atoms with Crippen LogP contribution in [0.1, 0.15) is 17.2 Å². The van der Waals surface area contributed by atoms with Crippen LogP contribution in [0.2, 0.25) is 0 Å². The van der Waals surface area contributed by atoms with Crippen molar-refractivity contribution in [2.45, 2.75) is 12.6 Å². The first-order valence-electron chi connectivity index (χ1n) is 9.19. The van der Waals surface area contributed by atoms with Gasteiger partial charge in [0, 0.05) is 24.2 Å². The molecule has 7 nitrogen and oxygen atoms in total. The molecule has 1 aromatic heterocycles. The minimum absolute atomic E-state index is 0.429. The van der Waals surface area contributed by atoms with E-state index >= 15 is 0 Å². The summed E-state index contributed by atoms with van der Waals surface area (Å²) in [5.41, 5.74) is 3.75. The summed E-state index contributed by atoms with van der Waals surface area (Å²) in [5.74, 6) is 2.27. The summed E-state index contributed by atoms with van der Waals surface area (Å²) in [7, 11) is 1.62. The first-order chi connectivity index (χ1) is 13.7. The zero-order valence-electron chi connectivity index (χ0n) is 15.6. The van der Waals surface area contributed by atoms with E-state index in [-0.39, 0.29) is 0 Å². The Morgan fingerprint density at radius 3 is 2.71 bits per heavy atom. The van der Waals surface area contributed by atoms with Gasteiger partial charge in [-0.3, -0.25) is 5.10 Å². The number of ether oxygens (including phenoxy) is 3. The lowest BCUT2D eigenvalue weighted by molar-refractivity contribution is 0.171.